The van der Waals surface area contributed by atoms with E-state index in [9.17, 15) is 14.4 Å². The highest BCUT2D eigenvalue weighted by Crippen LogP contribution is 2.31. The van der Waals surface area contributed by atoms with Crippen LogP contribution in [-0.4, -0.2) is 87.0 Å². The fourth-order valence-corrected chi connectivity index (χ4v) is 5.16. The second kappa shape index (κ2) is 16.1. The Labute approximate surface area is 267 Å². The van der Waals surface area contributed by atoms with Crippen LogP contribution in [0.5, 0.6) is 11.5 Å². The van der Waals surface area contributed by atoms with Crippen LogP contribution in [0.3, 0.4) is 0 Å². The fraction of sp³-hybridized carbons (Fsp3) is 0.364. The third-order valence-corrected chi connectivity index (χ3v) is 7.60. The Morgan fingerprint density at radius 3 is 2.74 bits per heavy atom. The Kier molecular flexibility index (Phi) is 11.2. The number of hydrogen-bond donors (Lipinski definition) is 2. The molecule has 0 unspecified atom stereocenters. The van der Waals surface area contributed by atoms with Gasteiger partial charge in [-0.1, -0.05) is 41.6 Å². The van der Waals surface area contributed by atoms with Gasteiger partial charge in [-0.15, -0.1) is 5.10 Å². The Morgan fingerprint density at radius 2 is 1.93 bits per heavy atom. The van der Waals surface area contributed by atoms with Gasteiger partial charge < -0.3 is 25.0 Å². The first-order valence-corrected chi connectivity index (χ1v) is 15.3. The van der Waals surface area contributed by atoms with Crippen molar-refractivity contribution in [1.29, 1.82) is 0 Å². The number of benzene rings is 2. The topological polar surface area (TPSA) is 153 Å². The molecule has 3 amide bonds. The number of ether oxygens (including phenoxy) is 2. The van der Waals surface area contributed by atoms with Crippen LogP contribution in [0.25, 0.3) is 0 Å². The van der Waals surface area contributed by atoms with E-state index in [4.69, 9.17) is 9.47 Å². The summed E-state index contributed by atoms with van der Waals surface area (Å²) in [6, 6.07) is 13.7. The molecule has 0 fully saturated rings. The van der Waals surface area contributed by atoms with Crippen molar-refractivity contribution < 1.29 is 23.9 Å². The van der Waals surface area contributed by atoms with Crippen molar-refractivity contribution in [1.82, 2.24) is 40.5 Å². The summed E-state index contributed by atoms with van der Waals surface area (Å²) in [5.74, 6) is -0.195. The average molecular weight is 627 g/mol. The summed E-state index contributed by atoms with van der Waals surface area (Å²) >= 11 is 0. The van der Waals surface area contributed by atoms with E-state index in [1.54, 1.807) is 46.4 Å². The number of rotatable bonds is 6. The monoisotopic (exact) mass is 626 g/mol. The number of aromatic nitrogens is 5. The normalized spacial score (nSPS) is 16.5. The number of para-hydroxylation sites is 1. The van der Waals surface area contributed by atoms with E-state index in [-0.39, 0.29) is 49.9 Å². The summed E-state index contributed by atoms with van der Waals surface area (Å²) in [6.07, 6.45) is 8.75. The molecule has 5 rings (SSSR count). The number of hydrogen-bond acceptors (Lipinski definition) is 9. The Morgan fingerprint density at radius 1 is 1.07 bits per heavy atom. The van der Waals surface area contributed by atoms with Crippen molar-refractivity contribution in [2.75, 3.05) is 33.4 Å². The standard InChI is InChI=1S/C33H38N8O5/c1-45-29-10-5-9-27-31(29)46-20-6-17-41-23-26(38-39-41)13-18-40(30(42)12-11-25-22-34-14-15-35-25)19-16-36-33(44)28(37-32(27)43)21-24-7-3-2-4-8-24/h2-5,7-10,14-15,22-23,28H,6,11-13,16-21H2,1H3,(H,36,44)(H,37,43)/t28-/m0/s1. The molecular formula is C33H38N8O5. The number of methoxy groups -OCH3 is 1. The van der Waals surface area contributed by atoms with Crippen LogP contribution in [0.15, 0.2) is 73.3 Å². The van der Waals surface area contributed by atoms with Crippen LogP contribution >= 0.6 is 0 Å². The lowest BCUT2D eigenvalue weighted by Gasteiger charge is -2.24. The van der Waals surface area contributed by atoms with E-state index in [0.717, 1.165) is 17.0 Å². The molecule has 3 heterocycles. The van der Waals surface area contributed by atoms with E-state index in [1.165, 1.54) is 7.11 Å². The summed E-state index contributed by atoms with van der Waals surface area (Å²) in [6.45, 7) is 1.70. The molecule has 1 aliphatic heterocycles. The molecule has 0 aliphatic carbocycles. The number of aryl methyl sites for hydroxylation is 2. The second-order valence-corrected chi connectivity index (χ2v) is 10.8. The molecule has 2 bridgehead atoms. The molecule has 0 spiro atoms. The predicted molar refractivity (Wildman–Crippen MR) is 168 cm³/mol. The van der Waals surface area contributed by atoms with E-state index < -0.39 is 11.9 Å². The first-order valence-electron chi connectivity index (χ1n) is 15.3. The first-order chi connectivity index (χ1) is 22.5. The Hall–Kier alpha value is -5.33. The SMILES string of the molecule is COc1cccc2c1OCCCn1cc(nn1)CCN(C(=O)CCc1cnccn1)CCNC(=O)[C@H](Cc1ccccc1)NC2=O. The molecule has 13 heteroatoms. The van der Waals surface area contributed by atoms with E-state index >= 15 is 0 Å². The molecule has 46 heavy (non-hydrogen) atoms. The zero-order valence-electron chi connectivity index (χ0n) is 25.8. The Bertz CT molecular complexity index is 1600. The molecule has 2 aromatic carbocycles. The van der Waals surface area contributed by atoms with Gasteiger partial charge >= 0.3 is 0 Å². The third-order valence-electron chi connectivity index (χ3n) is 7.60. The lowest BCUT2D eigenvalue weighted by atomic mass is 10.0. The molecule has 13 nitrogen and oxygen atoms in total. The smallest absolute Gasteiger partial charge is 0.255 e. The quantitative estimate of drug-likeness (QED) is 0.327. The molecule has 240 valence electrons. The first kappa shape index (κ1) is 32.1. The summed E-state index contributed by atoms with van der Waals surface area (Å²) in [5.41, 5.74) is 2.62. The maximum Gasteiger partial charge on any atom is 0.255 e. The number of fused-ring (bicyclic) bond motifs is 3. The zero-order valence-corrected chi connectivity index (χ0v) is 25.8. The molecule has 0 saturated carbocycles. The largest absolute Gasteiger partial charge is 0.493 e. The van der Waals surface area contributed by atoms with Crippen molar-refractivity contribution in [2.24, 2.45) is 0 Å². The number of nitrogens with zero attached hydrogens (tertiary/aromatic N) is 6. The highest BCUT2D eigenvalue weighted by atomic mass is 16.5. The maximum atomic E-state index is 13.7. The zero-order chi connectivity index (χ0) is 32.1. The molecule has 2 N–H and O–H groups in total. The van der Waals surface area contributed by atoms with Crippen molar-refractivity contribution >= 4 is 17.7 Å². The third kappa shape index (κ3) is 8.87. The molecule has 4 aromatic rings. The van der Waals surface area contributed by atoms with Gasteiger partial charge in [0.15, 0.2) is 11.5 Å². The van der Waals surface area contributed by atoms with E-state index in [0.29, 0.717) is 43.9 Å². The summed E-state index contributed by atoms with van der Waals surface area (Å²) in [7, 11) is 1.51. The summed E-state index contributed by atoms with van der Waals surface area (Å²) in [4.78, 5) is 50.6. The summed E-state index contributed by atoms with van der Waals surface area (Å²) < 4.78 is 13.3. The molecule has 1 atom stereocenters. The van der Waals surface area contributed by atoms with Crippen molar-refractivity contribution in [3.05, 3.63) is 95.8 Å². The van der Waals surface area contributed by atoms with Gasteiger partial charge in [0, 0.05) is 76.6 Å². The highest BCUT2D eigenvalue weighted by molar-refractivity contribution is 6.00. The van der Waals surface area contributed by atoms with Gasteiger partial charge in [0.25, 0.3) is 5.91 Å². The number of carbonyl (C=O) groups excluding carboxylic acids is 3. The molecule has 0 radical (unpaired) electrons. The highest BCUT2D eigenvalue weighted by Gasteiger charge is 2.25. The van der Waals surface area contributed by atoms with Crippen LogP contribution in [0.4, 0.5) is 0 Å². The van der Waals surface area contributed by atoms with Crippen LogP contribution in [0.2, 0.25) is 0 Å². The van der Waals surface area contributed by atoms with Crippen LogP contribution in [0.1, 0.15) is 40.2 Å². The van der Waals surface area contributed by atoms with Gasteiger partial charge in [-0.25, -0.2) is 0 Å². The van der Waals surface area contributed by atoms with Crippen LogP contribution in [0, 0.1) is 0 Å². The molecule has 1 aliphatic rings. The van der Waals surface area contributed by atoms with Crippen molar-refractivity contribution in [3.8, 4) is 11.5 Å². The minimum absolute atomic E-state index is 0.0740. The minimum atomic E-state index is -0.883. The van der Waals surface area contributed by atoms with Crippen LogP contribution < -0.4 is 20.1 Å². The predicted octanol–water partition coefficient (Wildman–Crippen LogP) is 2.02. The number of nitrogens with one attached hydrogen (secondary N) is 2. The van der Waals surface area contributed by atoms with Gasteiger partial charge in [-0.3, -0.25) is 29.0 Å². The lowest BCUT2D eigenvalue weighted by Crippen LogP contribution is -2.50. The van der Waals surface area contributed by atoms with Gasteiger partial charge in [-0.2, -0.15) is 0 Å². The molecule has 0 saturated heterocycles. The minimum Gasteiger partial charge on any atom is -0.493 e. The number of amides is 3. The fourth-order valence-electron chi connectivity index (χ4n) is 5.16. The van der Waals surface area contributed by atoms with E-state index in [2.05, 4.69) is 30.9 Å². The lowest BCUT2D eigenvalue weighted by molar-refractivity contribution is -0.131. The van der Waals surface area contributed by atoms with Gasteiger partial charge in [-0.05, 0) is 24.1 Å². The second-order valence-electron chi connectivity index (χ2n) is 10.8. The van der Waals surface area contributed by atoms with Crippen LogP contribution in [-0.2, 0) is 35.4 Å². The maximum absolute atomic E-state index is 13.7. The molecular weight excluding hydrogens is 588 g/mol. The van der Waals surface area contributed by atoms with Gasteiger partial charge in [0.1, 0.15) is 6.04 Å². The average Bonchev–Trinajstić information content (AvgIpc) is 3.54. The van der Waals surface area contributed by atoms with E-state index in [1.807, 2.05) is 36.5 Å². The van der Waals surface area contributed by atoms with Gasteiger partial charge in [0.05, 0.1) is 30.7 Å². The summed E-state index contributed by atoms with van der Waals surface area (Å²) in [5, 5.41) is 14.3. The Balaban J connectivity index is 1.37. The van der Waals surface area contributed by atoms with Crippen molar-refractivity contribution in [3.63, 3.8) is 0 Å². The number of carbonyl (C=O) groups is 3. The van der Waals surface area contributed by atoms with Crippen molar-refractivity contribution in [2.45, 2.75) is 44.7 Å². The molecule has 2 aromatic heterocycles. The van der Waals surface area contributed by atoms with Gasteiger partial charge in [0.2, 0.25) is 11.8 Å².